The Morgan fingerprint density at radius 3 is 2.63 bits per heavy atom. The van der Waals surface area contributed by atoms with Crippen LogP contribution in [-0.4, -0.2) is 10.9 Å². The number of anilines is 1. The van der Waals surface area contributed by atoms with Crippen molar-refractivity contribution in [2.45, 2.75) is 20.3 Å². The molecule has 0 aliphatic rings. The van der Waals surface area contributed by atoms with Crippen LogP contribution in [0, 0.1) is 5.92 Å². The first-order valence-electron chi connectivity index (χ1n) is 6.45. The molecule has 0 atom stereocenters. The molecule has 1 N–H and O–H groups in total. The molecule has 0 radical (unpaired) electrons. The first kappa shape index (κ1) is 13.3. The van der Waals surface area contributed by atoms with Crippen molar-refractivity contribution < 1.29 is 4.79 Å². The number of hydrogen-bond acceptors (Lipinski definition) is 2. The van der Waals surface area contributed by atoms with E-state index < -0.39 is 0 Å². The minimum Gasteiger partial charge on any atom is -0.322 e. The zero-order chi connectivity index (χ0) is 13.7. The summed E-state index contributed by atoms with van der Waals surface area (Å²) in [7, 11) is 0. The van der Waals surface area contributed by atoms with Gasteiger partial charge in [-0.1, -0.05) is 26.0 Å². The smallest absolute Gasteiger partial charge is 0.255 e. The topological polar surface area (TPSA) is 42.0 Å². The van der Waals surface area contributed by atoms with Crippen LogP contribution in [0.3, 0.4) is 0 Å². The van der Waals surface area contributed by atoms with Crippen molar-refractivity contribution in [3.63, 3.8) is 0 Å². The highest BCUT2D eigenvalue weighted by Gasteiger charge is 2.06. The maximum Gasteiger partial charge on any atom is 0.255 e. The minimum atomic E-state index is -0.107. The molecule has 1 amide bonds. The fourth-order valence-corrected chi connectivity index (χ4v) is 1.95. The average molecular weight is 254 g/mol. The summed E-state index contributed by atoms with van der Waals surface area (Å²) in [5.41, 5.74) is 2.69. The standard InChI is InChI=1S/C16H18N2O/c1-12(2)10-13-4-3-5-15(11-13)18-16(19)14-6-8-17-9-7-14/h3-9,11-12H,10H2,1-2H3,(H,18,19). The lowest BCUT2D eigenvalue weighted by Gasteiger charge is -2.09. The molecule has 0 spiro atoms. The molecule has 2 rings (SSSR count). The quantitative estimate of drug-likeness (QED) is 0.906. The van der Waals surface area contributed by atoms with Crippen molar-refractivity contribution in [1.82, 2.24) is 4.98 Å². The third kappa shape index (κ3) is 3.91. The number of pyridine rings is 1. The summed E-state index contributed by atoms with van der Waals surface area (Å²) in [5, 5.41) is 2.91. The Morgan fingerprint density at radius 2 is 1.95 bits per heavy atom. The van der Waals surface area contributed by atoms with Crippen LogP contribution in [0.15, 0.2) is 48.8 Å². The third-order valence-corrected chi connectivity index (χ3v) is 2.77. The van der Waals surface area contributed by atoms with Crippen LogP contribution in [0.2, 0.25) is 0 Å². The summed E-state index contributed by atoms with van der Waals surface area (Å²) in [5.74, 6) is 0.496. The van der Waals surface area contributed by atoms with Crippen molar-refractivity contribution in [3.8, 4) is 0 Å². The van der Waals surface area contributed by atoms with Gasteiger partial charge in [0.15, 0.2) is 0 Å². The Hall–Kier alpha value is -2.16. The van der Waals surface area contributed by atoms with E-state index in [1.807, 2.05) is 18.2 Å². The largest absolute Gasteiger partial charge is 0.322 e. The van der Waals surface area contributed by atoms with Crippen LogP contribution in [0.25, 0.3) is 0 Å². The summed E-state index contributed by atoms with van der Waals surface area (Å²) in [6.45, 7) is 4.37. The second kappa shape index (κ2) is 6.14. The molecule has 0 bridgehead atoms. The Kier molecular flexibility index (Phi) is 4.29. The molecular weight excluding hydrogens is 236 g/mol. The fraction of sp³-hybridized carbons (Fsp3) is 0.250. The minimum absolute atomic E-state index is 0.107. The van der Waals surface area contributed by atoms with Gasteiger partial charge in [0.2, 0.25) is 0 Å². The van der Waals surface area contributed by atoms with Crippen molar-refractivity contribution >= 4 is 11.6 Å². The summed E-state index contributed by atoms with van der Waals surface area (Å²) >= 11 is 0. The van der Waals surface area contributed by atoms with Crippen LogP contribution in [-0.2, 0) is 6.42 Å². The number of nitrogens with zero attached hydrogens (tertiary/aromatic N) is 1. The molecule has 0 aliphatic carbocycles. The van der Waals surface area contributed by atoms with Gasteiger partial charge < -0.3 is 5.32 Å². The van der Waals surface area contributed by atoms with Gasteiger partial charge in [-0.2, -0.15) is 0 Å². The molecule has 1 aromatic carbocycles. The SMILES string of the molecule is CC(C)Cc1cccc(NC(=O)c2ccncc2)c1. The van der Waals surface area contributed by atoms with E-state index in [0.29, 0.717) is 11.5 Å². The molecule has 0 fully saturated rings. The summed E-state index contributed by atoms with van der Waals surface area (Å²) < 4.78 is 0. The van der Waals surface area contributed by atoms with E-state index in [0.717, 1.165) is 12.1 Å². The van der Waals surface area contributed by atoms with Crippen LogP contribution in [0.4, 0.5) is 5.69 Å². The van der Waals surface area contributed by atoms with E-state index in [9.17, 15) is 4.79 Å². The lowest BCUT2D eigenvalue weighted by molar-refractivity contribution is 0.102. The third-order valence-electron chi connectivity index (χ3n) is 2.77. The van der Waals surface area contributed by atoms with Gasteiger partial charge in [-0.15, -0.1) is 0 Å². The summed E-state index contributed by atoms with van der Waals surface area (Å²) in [6, 6.07) is 11.4. The van der Waals surface area contributed by atoms with Gasteiger partial charge in [-0.05, 0) is 42.2 Å². The van der Waals surface area contributed by atoms with Crippen LogP contribution >= 0.6 is 0 Å². The van der Waals surface area contributed by atoms with Gasteiger partial charge in [0, 0.05) is 23.6 Å². The predicted molar refractivity (Wildman–Crippen MR) is 77.2 cm³/mol. The van der Waals surface area contributed by atoms with Crippen molar-refractivity contribution in [3.05, 3.63) is 59.9 Å². The zero-order valence-electron chi connectivity index (χ0n) is 11.3. The molecule has 3 nitrogen and oxygen atoms in total. The number of amides is 1. The summed E-state index contributed by atoms with van der Waals surface area (Å²) in [6.07, 6.45) is 4.24. The van der Waals surface area contributed by atoms with Crippen LogP contribution < -0.4 is 5.32 Å². The molecule has 0 saturated heterocycles. The lowest BCUT2D eigenvalue weighted by atomic mass is 10.0. The highest BCUT2D eigenvalue weighted by atomic mass is 16.1. The molecule has 0 aliphatic heterocycles. The molecule has 0 saturated carbocycles. The van der Waals surface area contributed by atoms with E-state index in [4.69, 9.17) is 0 Å². The fourth-order valence-electron chi connectivity index (χ4n) is 1.95. The highest BCUT2D eigenvalue weighted by molar-refractivity contribution is 6.04. The molecule has 3 heteroatoms. The number of hydrogen-bond donors (Lipinski definition) is 1. The van der Waals surface area contributed by atoms with Gasteiger partial charge in [0.05, 0.1) is 0 Å². The van der Waals surface area contributed by atoms with E-state index in [2.05, 4.69) is 30.2 Å². The second-order valence-electron chi connectivity index (χ2n) is 4.99. The van der Waals surface area contributed by atoms with Crippen LogP contribution in [0.5, 0.6) is 0 Å². The normalized spacial score (nSPS) is 10.5. The average Bonchev–Trinajstić information content (AvgIpc) is 2.39. The van der Waals surface area contributed by atoms with E-state index in [1.54, 1.807) is 24.5 Å². The van der Waals surface area contributed by atoms with Crippen molar-refractivity contribution in [2.24, 2.45) is 5.92 Å². The van der Waals surface area contributed by atoms with Gasteiger partial charge in [0.1, 0.15) is 0 Å². The number of carbonyl (C=O) groups excluding carboxylic acids is 1. The monoisotopic (exact) mass is 254 g/mol. The van der Waals surface area contributed by atoms with Gasteiger partial charge in [-0.25, -0.2) is 0 Å². The van der Waals surface area contributed by atoms with E-state index >= 15 is 0 Å². The Morgan fingerprint density at radius 1 is 1.21 bits per heavy atom. The number of carbonyl (C=O) groups is 1. The Labute approximate surface area is 113 Å². The van der Waals surface area contributed by atoms with Gasteiger partial charge in [0.25, 0.3) is 5.91 Å². The molecule has 98 valence electrons. The Bertz CT molecular complexity index is 550. The first-order chi connectivity index (χ1) is 9.15. The highest BCUT2D eigenvalue weighted by Crippen LogP contribution is 2.15. The molecule has 1 heterocycles. The molecule has 2 aromatic rings. The van der Waals surface area contributed by atoms with Crippen LogP contribution in [0.1, 0.15) is 29.8 Å². The lowest BCUT2D eigenvalue weighted by Crippen LogP contribution is -2.12. The van der Waals surface area contributed by atoms with Gasteiger partial charge >= 0.3 is 0 Å². The predicted octanol–water partition coefficient (Wildman–Crippen LogP) is 3.53. The van der Waals surface area contributed by atoms with Crippen molar-refractivity contribution in [2.75, 3.05) is 5.32 Å². The maximum absolute atomic E-state index is 12.0. The number of benzene rings is 1. The number of nitrogens with one attached hydrogen (secondary N) is 1. The molecule has 1 aromatic heterocycles. The maximum atomic E-state index is 12.0. The Balaban J connectivity index is 2.09. The van der Waals surface area contributed by atoms with Crippen molar-refractivity contribution in [1.29, 1.82) is 0 Å². The van der Waals surface area contributed by atoms with Gasteiger partial charge in [-0.3, -0.25) is 9.78 Å². The number of rotatable bonds is 4. The molecule has 19 heavy (non-hydrogen) atoms. The summed E-state index contributed by atoms with van der Waals surface area (Å²) in [4.78, 5) is 15.9. The zero-order valence-corrected chi connectivity index (χ0v) is 11.3. The molecular formula is C16H18N2O. The first-order valence-corrected chi connectivity index (χ1v) is 6.45. The second-order valence-corrected chi connectivity index (χ2v) is 4.99. The molecule has 0 unspecified atom stereocenters. The van der Waals surface area contributed by atoms with E-state index in [-0.39, 0.29) is 5.91 Å². The number of aromatic nitrogens is 1. The van der Waals surface area contributed by atoms with E-state index in [1.165, 1.54) is 5.56 Å².